The molecule has 1 fully saturated rings. The maximum absolute atomic E-state index is 12.5. The van der Waals surface area contributed by atoms with Crippen molar-refractivity contribution in [3.05, 3.63) is 35.7 Å². The molecular formula is C15H11F3N2O6. The number of nitrogens with zero attached hydrogens (tertiary/aromatic N) is 1. The predicted molar refractivity (Wildman–Crippen MR) is 75.9 cm³/mol. The van der Waals surface area contributed by atoms with Crippen molar-refractivity contribution in [1.29, 1.82) is 0 Å². The normalized spacial score (nSPS) is 24.2. The first-order valence-electron chi connectivity index (χ1n) is 7.21. The number of pyridine rings is 1. The van der Waals surface area contributed by atoms with Crippen molar-refractivity contribution in [1.82, 2.24) is 10.3 Å². The number of hydrogen-bond donors (Lipinski definition) is 1. The van der Waals surface area contributed by atoms with Gasteiger partial charge in [0, 0.05) is 12.3 Å². The number of alkyl halides is 3. The van der Waals surface area contributed by atoms with Gasteiger partial charge in [0.2, 0.25) is 5.88 Å². The van der Waals surface area contributed by atoms with Gasteiger partial charge in [-0.1, -0.05) is 0 Å². The van der Waals surface area contributed by atoms with Gasteiger partial charge in [-0.3, -0.25) is 9.59 Å². The lowest BCUT2D eigenvalue weighted by molar-refractivity contribution is -0.204. The lowest BCUT2D eigenvalue weighted by Gasteiger charge is -2.22. The molecule has 1 N–H and O–H groups in total. The van der Waals surface area contributed by atoms with Gasteiger partial charge in [0.15, 0.2) is 18.0 Å². The molecule has 3 atom stereocenters. The van der Waals surface area contributed by atoms with Gasteiger partial charge in [0.05, 0.1) is 12.8 Å². The number of halogens is 3. The number of rotatable bonds is 4. The highest BCUT2D eigenvalue weighted by atomic mass is 19.4. The monoisotopic (exact) mass is 372 g/mol. The van der Waals surface area contributed by atoms with Crippen LogP contribution in [0.1, 0.15) is 10.4 Å². The summed E-state index contributed by atoms with van der Waals surface area (Å²) < 4.78 is 51.6. The second-order valence-electron chi connectivity index (χ2n) is 5.36. The first-order chi connectivity index (χ1) is 12.2. The molecule has 11 heteroatoms. The number of ketones is 1. The number of hydrogen-bond acceptors (Lipinski definition) is 7. The molecule has 26 heavy (non-hydrogen) atoms. The molecule has 1 saturated heterocycles. The molecule has 8 nitrogen and oxygen atoms in total. The van der Waals surface area contributed by atoms with Gasteiger partial charge in [0.1, 0.15) is 11.7 Å². The van der Waals surface area contributed by atoms with E-state index in [1.54, 1.807) is 0 Å². The molecule has 3 unspecified atom stereocenters. The molecule has 2 heterocycles. The number of aromatic nitrogens is 1. The van der Waals surface area contributed by atoms with E-state index in [1.807, 2.05) is 0 Å². The van der Waals surface area contributed by atoms with Gasteiger partial charge in [-0.25, -0.2) is 9.78 Å². The highest BCUT2D eigenvalue weighted by Gasteiger charge is 2.57. The Kier molecular flexibility index (Phi) is 4.40. The van der Waals surface area contributed by atoms with Crippen LogP contribution in [0.25, 0.3) is 0 Å². The van der Waals surface area contributed by atoms with Crippen molar-refractivity contribution in [2.24, 2.45) is 0 Å². The van der Waals surface area contributed by atoms with Crippen molar-refractivity contribution in [2.75, 3.05) is 7.11 Å². The Morgan fingerprint density at radius 3 is 2.73 bits per heavy atom. The topological polar surface area (TPSA) is 107 Å². The summed E-state index contributed by atoms with van der Waals surface area (Å²) in [6.07, 6.45) is -6.62. The molecule has 1 aliphatic heterocycles. The highest BCUT2D eigenvalue weighted by Crippen LogP contribution is 2.36. The van der Waals surface area contributed by atoms with Gasteiger partial charge < -0.3 is 19.5 Å². The van der Waals surface area contributed by atoms with E-state index in [-0.39, 0.29) is 17.1 Å². The summed E-state index contributed by atoms with van der Waals surface area (Å²) in [5.74, 6) is -3.84. The molecule has 1 amide bonds. The van der Waals surface area contributed by atoms with Crippen LogP contribution in [0.5, 0.6) is 5.88 Å². The molecule has 1 aromatic heterocycles. The highest BCUT2D eigenvalue weighted by molar-refractivity contribution is 6.01. The molecular weight excluding hydrogens is 361 g/mol. The number of amides is 1. The number of methoxy groups -OCH3 is 1. The second kappa shape index (κ2) is 6.41. The van der Waals surface area contributed by atoms with Gasteiger partial charge in [-0.2, -0.15) is 13.2 Å². The van der Waals surface area contributed by atoms with E-state index in [0.29, 0.717) is 0 Å². The standard InChI is InChI=1S/C15H11F3N2O6/c1-24-13-6(3-2-4-19-13)12(22)20-7-5-8(21)10-11(25-10)9(7)26-14(23)15(16,17)18/h2-5,9-11H,1H3,(H,20,22). The molecule has 138 valence electrons. The van der Waals surface area contributed by atoms with Crippen LogP contribution in [-0.2, 0) is 19.1 Å². The zero-order valence-electron chi connectivity index (χ0n) is 13.1. The van der Waals surface area contributed by atoms with Crippen molar-refractivity contribution in [3.63, 3.8) is 0 Å². The van der Waals surface area contributed by atoms with E-state index in [9.17, 15) is 27.6 Å². The van der Waals surface area contributed by atoms with E-state index >= 15 is 0 Å². The Bertz CT molecular complexity index is 807. The van der Waals surface area contributed by atoms with Crippen LogP contribution >= 0.6 is 0 Å². The van der Waals surface area contributed by atoms with Crippen molar-refractivity contribution >= 4 is 17.7 Å². The van der Waals surface area contributed by atoms with Crippen LogP contribution in [0.3, 0.4) is 0 Å². The fourth-order valence-corrected chi connectivity index (χ4v) is 2.42. The second-order valence-corrected chi connectivity index (χ2v) is 5.36. The van der Waals surface area contributed by atoms with E-state index < -0.39 is 42.1 Å². The molecule has 0 bridgehead atoms. The van der Waals surface area contributed by atoms with E-state index in [1.165, 1.54) is 25.4 Å². The Morgan fingerprint density at radius 1 is 1.35 bits per heavy atom. The van der Waals surface area contributed by atoms with Gasteiger partial charge >= 0.3 is 12.1 Å². The van der Waals surface area contributed by atoms with Gasteiger partial charge in [-0.05, 0) is 12.1 Å². The lowest BCUT2D eigenvalue weighted by atomic mass is 10.00. The zero-order valence-corrected chi connectivity index (χ0v) is 13.1. The van der Waals surface area contributed by atoms with Crippen LogP contribution in [0.2, 0.25) is 0 Å². The van der Waals surface area contributed by atoms with Gasteiger partial charge in [0.25, 0.3) is 5.91 Å². The maximum Gasteiger partial charge on any atom is 0.490 e. The van der Waals surface area contributed by atoms with Crippen molar-refractivity contribution in [3.8, 4) is 5.88 Å². The van der Waals surface area contributed by atoms with E-state index in [4.69, 9.17) is 9.47 Å². The molecule has 0 radical (unpaired) electrons. The number of ether oxygens (including phenoxy) is 3. The summed E-state index contributed by atoms with van der Waals surface area (Å²) in [6.45, 7) is 0. The van der Waals surface area contributed by atoms with Gasteiger partial charge in [-0.15, -0.1) is 0 Å². The third kappa shape index (κ3) is 3.38. The van der Waals surface area contributed by atoms with Crippen LogP contribution in [0.15, 0.2) is 30.1 Å². The third-order valence-corrected chi connectivity index (χ3v) is 3.64. The number of carbonyl (C=O) groups excluding carboxylic acids is 3. The molecule has 3 rings (SSSR count). The number of epoxide rings is 1. The van der Waals surface area contributed by atoms with Crippen molar-refractivity contribution in [2.45, 2.75) is 24.5 Å². The third-order valence-electron chi connectivity index (χ3n) is 3.64. The summed E-state index contributed by atoms with van der Waals surface area (Å²) in [6, 6.07) is 2.80. The molecule has 0 aromatic carbocycles. The molecule has 1 aliphatic carbocycles. The fraction of sp³-hybridized carbons (Fsp3) is 0.333. The molecule has 2 aliphatic rings. The maximum atomic E-state index is 12.5. The zero-order chi connectivity index (χ0) is 19.1. The average molecular weight is 372 g/mol. The Morgan fingerprint density at radius 2 is 2.08 bits per heavy atom. The number of nitrogens with one attached hydrogen (secondary N) is 1. The minimum absolute atomic E-state index is 0.0249. The van der Waals surface area contributed by atoms with Crippen LogP contribution in [-0.4, -0.2) is 54.2 Å². The summed E-state index contributed by atoms with van der Waals surface area (Å²) in [7, 11) is 1.28. The summed E-state index contributed by atoms with van der Waals surface area (Å²) >= 11 is 0. The van der Waals surface area contributed by atoms with Crippen LogP contribution in [0, 0.1) is 0 Å². The van der Waals surface area contributed by atoms with Crippen molar-refractivity contribution < 1.29 is 41.8 Å². The smallest absolute Gasteiger partial charge is 0.480 e. The first-order valence-corrected chi connectivity index (χ1v) is 7.21. The van der Waals surface area contributed by atoms with Crippen LogP contribution in [0.4, 0.5) is 13.2 Å². The minimum atomic E-state index is -5.23. The van der Waals surface area contributed by atoms with E-state index in [0.717, 1.165) is 6.08 Å². The lowest BCUT2D eigenvalue weighted by Crippen LogP contribution is -2.42. The predicted octanol–water partition coefficient (Wildman–Crippen LogP) is 0.528. The summed E-state index contributed by atoms with van der Waals surface area (Å²) in [5.41, 5.74) is -0.342. The van der Waals surface area contributed by atoms with Crippen LogP contribution < -0.4 is 10.1 Å². The quantitative estimate of drug-likeness (QED) is 0.607. The molecule has 0 saturated carbocycles. The Hall–Kier alpha value is -2.95. The first kappa shape index (κ1) is 17.9. The SMILES string of the molecule is COc1ncccc1C(=O)NC1=CC(=O)C2OC2C1OC(=O)C(F)(F)F. The summed E-state index contributed by atoms with van der Waals surface area (Å²) in [5, 5.41) is 2.26. The number of fused-ring (bicyclic) bond motifs is 1. The Balaban J connectivity index is 1.83. The molecule has 1 aromatic rings. The average Bonchev–Trinajstić information content (AvgIpc) is 3.38. The fourth-order valence-electron chi connectivity index (χ4n) is 2.42. The number of carbonyl (C=O) groups is 3. The minimum Gasteiger partial charge on any atom is -0.480 e. The van der Waals surface area contributed by atoms with E-state index in [2.05, 4.69) is 15.0 Å². The number of esters is 1. The summed E-state index contributed by atoms with van der Waals surface area (Å²) in [4.78, 5) is 39.1. The largest absolute Gasteiger partial charge is 0.490 e. The Labute approximate surface area is 143 Å². The molecule has 0 spiro atoms.